The molecule has 0 aliphatic rings. The lowest BCUT2D eigenvalue weighted by molar-refractivity contribution is 0.00169. The minimum atomic E-state index is -1.30. The molecular weight excluding hydrogens is 464 g/mol. The molecule has 0 bridgehead atoms. The van der Waals surface area contributed by atoms with Gasteiger partial charge in [-0.05, 0) is 59.8 Å². The van der Waals surface area contributed by atoms with Gasteiger partial charge >= 0.3 is 0 Å². The van der Waals surface area contributed by atoms with Crippen molar-refractivity contribution in [3.8, 4) is 0 Å². The smallest absolute Gasteiger partial charge is 0.277 e. The zero-order valence-electron chi connectivity index (χ0n) is 13.7. The molecule has 2 aromatic rings. The highest BCUT2D eigenvalue weighted by Crippen LogP contribution is 2.28. The van der Waals surface area contributed by atoms with Crippen LogP contribution in [0.1, 0.15) is 17.3 Å². The standard InChI is InChI=1S/C17H16F3IN2O3/c1-2-25-7-8-26-23-17(24)11-4-5-12(18)15(20)16(11)22-14-6-3-10(21)9-13(14)19/h3-6,9,22H,2,7-8H2,1H3,(H,23,24). The molecule has 2 rings (SSSR count). The van der Waals surface area contributed by atoms with Gasteiger partial charge in [0.1, 0.15) is 5.82 Å². The number of carbonyl (C=O) groups is 1. The lowest BCUT2D eigenvalue weighted by atomic mass is 10.1. The zero-order valence-corrected chi connectivity index (χ0v) is 15.9. The van der Waals surface area contributed by atoms with Gasteiger partial charge in [-0.3, -0.25) is 9.63 Å². The number of nitrogens with one attached hydrogen (secondary N) is 2. The van der Waals surface area contributed by atoms with Crippen LogP contribution in [0.15, 0.2) is 30.3 Å². The lowest BCUT2D eigenvalue weighted by Crippen LogP contribution is -2.26. The fraction of sp³-hybridized carbons (Fsp3) is 0.235. The van der Waals surface area contributed by atoms with E-state index >= 15 is 0 Å². The van der Waals surface area contributed by atoms with Gasteiger partial charge < -0.3 is 10.1 Å². The predicted octanol–water partition coefficient (Wildman–Crippen LogP) is 4.15. The van der Waals surface area contributed by atoms with Crippen LogP contribution in [0, 0.1) is 21.0 Å². The first-order chi connectivity index (χ1) is 12.4. The van der Waals surface area contributed by atoms with Crippen molar-refractivity contribution in [3.05, 3.63) is 56.9 Å². The highest BCUT2D eigenvalue weighted by atomic mass is 127. The quantitative estimate of drug-likeness (QED) is 0.339. The Labute approximate surface area is 162 Å². The SMILES string of the molecule is CCOCCONC(=O)c1ccc(F)c(F)c1Nc1ccc(I)cc1F. The normalized spacial score (nSPS) is 10.7. The van der Waals surface area contributed by atoms with Gasteiger partial charge in [-0.25, -0.2) is 18.7 Å². The van der Waals surface area contributed by atoms with Crippen molar-refractivity contribution in [2.45, 2.75) is 6.92 Å². The van der Waals surface area contributed by atoms with Crippen LogP contribution in [0.4, 0.5) is 24.5 Å². The molecule has 9 heteroatoms. The molecule has 0 spiro atoms. The summed E-state index contributed by atoms with van der Waals surface area (Å²) in [5.41, 5.74) is 1.29. The van der Waals surface area contributed by atoms with E-state index in [0.29, 0.717) is 10.2 Å². The third-order valence-electron chi connectivity index (χ3n) is 3.23. The van der Waals surface area contributed by atoms with Gasteiger partial charge in [0.2, 0.25) is 0 Å². The Kier molecular flexibility index (Phi) is 7.66. The molecule has 1 amide bonds. The first-order valence-electron chi connectivity index (χ1n) is 7.64. The molecule has 2 N–H and O–H groups in total. The summed E-state index contributed by atoms with van der Waals surface area (Å²) in [4.78, 5) is 17.1. The second-order valence-electron chi connectivity index (χ2n) is 5.01. The molecule has 0 heterocycles. The number of hydrogen-bond donors (Lipinski definition) is 2. The molecule has 2 aromatic carbocycles. The van der Waals surface area contributed by atoms with E-state index in [1.54, 1.807) is 6.07 Å². The Hall–Kier alpha value is -1.85. The van der Waals surface area contributed by atoms with E-state index in [2.05, 4.69) is 10.8 Å². The fourth-order valence-electron chi connectivity index (χ4n) is 2.00. The Morgan fingerprint density at radius 1 is 1.12 bits per heavy atom. The van der Waals surface area contributed by atoms with Crippen molar-refractivity contribution in [1.29, 1.82) is 0 Å². The Morgan fingerprint density at radius 3 is 2.58 bits per heavy atom. The van der Waals surface area contributed by atoms with Crippen molar-refractivity contribution < 1.29 is 27.5 Å². The number of hydroxylamine groups is 1. The van der Waals surface area contributed by atoms with Crippen LogP contribution >= 0.6 is 22.6 Å². The van der Waals surface area contributed by atoms with E-state index in [9.17, 15) is 18.0 Å². The van der Waals surface area contributed by atoms with Crippen LogP contribution in [0.3, 0.4) is 0 Å². The molecule has 0 saturated heterocycles. The summed E-state index contributed by atoms with van der Waals surface area (Å²) in [6, 6.07) is 6.05. The average Bonchev–Trinajstić information content (AvgIpc) is 2.60. The maximum absolute atomic E-state index is 14.2. The predicted molar refractivity (Wildman–Crippen MR) is 98.7 cm³/mol. The maximum atomic E-state index is 14.2. The topological polar surface area (TPSA) is 59.6 Å². The van der Waals surface area contributed by atoms with Crippen LogP contribution in [0.5, 0.6) is 0 Å². The molecule has 0 aromatic heterocycles. The summed E-state index contributed by atoms with van der Waals surface area (Å²) >= 11 is 1.91. The molecule has 26 heavy (non-hydrogen) atoms. The Balaban J connectivity index is 2.21. The number of benzene rings is 2. The van der Waals surface area contributed by atoms with E-state index < -0.39 is 29.0 Å². The van der Waals surface area contributed by atoms with Crippen LogP contribution in [-0.4, -0.2) is 25.7 Å². The first kappa shape index (κ1) is 20.5. The third-order valence-corrected chi connectivity index (χ3v) is 3.90. The first-order valence-corrected chi connectivity index (χ1v) is 8.71. The number of hydrogen-bond acceptors (Lipinski definition) is 4. The van der Waals surface area contributed by atoms with Crippen molar-refractivity contribution in [2.24, 2.45) is 0 Å². The van der Waals surface area contributed by atoms with Gasteiger partial charge in [0.05, 0.1) is 30.2 Å². The van der Waals surface area contributed by atoms with Crippen LogP contribution in [0.25, 0.3) is 0 Å². The van der Waals surface area contributed by atoms with E-state index in [4.69, 9.17) is 9.57 Å². The van der Waals surface area contributed by atoms with Crippen molar-refractivity contribution in [2.75, 3.05) is 25.1 Å². The fourth-order valence-corrected chi connectivity index (χ4v) is 2.46. The number of carbonyl (C=O) groups excluding carboxylic acids is 1. The van der Waals surface area contributed by atoms with Gasteiger partial charge in [0.25, 0.3) is 5.91 Å². The van der Waals surface area contributed by atoms with Crippen molar-refractivity contribution >= 4 is 39.9 Å². The minimum absolute atomic E-state index is 0.0811. The molecule has 0 aliphatic heterocycles. The number of anilines is 2. The number of ether oxygens (including phenoxy) is 1. The van der Waals surface area contributed by atoms with Gasteiger partial charge in [-0.1, -0.05) is 0 Å². The average molecular weight is 480 g/mol. The highest BCUT2D eigenvalue weighted by Gasteiger charge is 2.20. The van der Waals surface area contributed by atoms with Gasteiger partial charge in [0.15, 0.2) is 11.6 Å². The second kappa shape index (κ2) is 9.74. The summed E-state index contributed by atoms with van der Waals surface area (Å²) in [7, 11) is 0. The lowest BCUT2D eigenvalue weighted by Gasteiger charge is -2.14. The summed E-state index contributed by atoms with van der Waals surface area (Å²) in [5.74, 6) is -3.95. The Morgan fingerprint density at radius 2 is 1.88 bits per heavy atom. The maximum Gasteiger partial charge on any atom is 0.277 e. The summed E-state index contributed by atoms with van der Waals surface area (Å²) in [6.45, 7) is 2.64. The summed E-state index contributed by atoms with van der Waals surface area (Å²) in [6.07, 6.45) is 0. The summed E-state index contributed by atoms with van der Waals surface area (Å²) in [5, 5.41) is 2.43. The summed E-state index contributed by atoms with van der Waals surface area (Å²) < 4.78 is 47.5. The van der Waals surface area contributed by atoms with Crippen LogP contribution in [0.2, 0.25) is 0 Å². The number of rotatable bonds is 8. The monoisotopic (exact) mass is 480 g/mol. The van der Waals surface area contributed by atoms with E-state index in [1.165, 1.54) is 12.1 Å². The molecule has 140 valence electrons. The van der Waals surface area contributed by atoms with E-state index in [-0.39, 0.29) is 24.5 Å². The molecule has 0 aliphatic carbocycles. The molecule has 0 radical (unpaired) electrons. The second-order valence-corrected chi connectivity index (χ2v) is 6.26. The van der Waals surface area contributed by atoms with Gasteiger partial charge in [-0.2, -0.15) is 0 Å². The van der Waals surface area contributed by atoms with E-state index in [0.717, 1.165) is 12.1 Å². The van der Waals surface area contributed by atoms with Crippen LogP contribution < -0.4 is 10.8 Å². The highest BCUT2D eigenvalue weighted by molar-refractivity contribution is 14.1. The third kappa shape index (κ3) is 5.32. The molecule has 0 atom stereocenters. The van der Waals surface area contributed by atoms with Crippen LogP contribution in [-0.2, 0) is 9.57 Å². The molecular formula is C17H16F3IN2O3. The Bertz CT molecular complexity index is 790. The number of halogens is 4. The largest absolute Gasteiger partial charge is 0.379 e. The van der Waals surface area contributed by atoms with Crippen molar-refractivity contribution in [1.82, 2.24) is 5.48 Å². The van der Waals surface area contributed by atoms with Crippen molar-refractivity contribution in [3.63, 3.8) is 0 Å². The van der Waals surface area contributed by atoms with Gasteiger partial charge in [-0.15, -0.1) is 0 Å². The molecule has 0 unspecified atom stereocenters. The molecule has 5 nitrogen and oxygen atoms in total. The minimum Gasteiger partial charge on any atom is -0.379 e. The molecule has 0 saturated carbocycles. The van der Waals surface area contributed by atoms with Gasteiger partial charge in [0, 0.05) is 10.2 Å². The number of amides is 1. The molecule has 0 fully saturated rings. The zero-order chi connectivity index (χ0) is 19.1. The van der Waals surface area contributed by atoms with E-state index in [1.807, 2.05) is 29.5 Å².